The van der Waals surface area contributed by atoms with E-state index in [0.717, 1.165) is 36.9 Å². The van der Waals surface area contributed by atoms with Gasteiger partial charge in [0.1, 0.15) is 0 Å². The van der Waals surface area contributed by atoms with Gasteiger partial charge in [-0.05, 0) is 42.9 Å². The van der Waals surface area contributed by atoms with Gasteiger partial charge in [-0.2, -0.15) is 0 Å². The summed E-state index contributed by atoms with van der Waals surface area (Å²) < 4.78 is 5.90. The summed E-state index contributed by atoms with van der Waals surface area (Å²) in [5, 5.41) is 0. The maximum atomic E-state index is 5.90. The molecule has 2 aliphatic carbocycles. The van der Waals surface area contributed by atoms with E-state index in [1.807, 2.05) is 0 Å². The van der Waals surface area contributed by atoms with E-state index in [2.05, 4.69) is 13.8 Å². The fourth-order valence-electron chi connectivity index (χ4n) is 5.08. The quantitative estimate of drug-likeness (QED) is 0.357. The summed E-state index contributed by atoms with van der Waals surface area (Å²) in [6, 6.07) is 0. The van der Waals surface area contributed by atoms with Gasteiger partial charge in [0, 0.05) is 13.2 Å². The molecule has 0 aliphatic heterocycles. The van der Waals surface area contributed by atoms with Crippen molar-refractivity contribution in [1.29, 1.82) is 0 Å². The third-order valence-corrected chi connectivity index (χ3v) is 6.86. The van der Waals surface area contributed by atoms with Gasteiger partial charge in [-0.3, -0.25) is 0 Å². The zero-order chi connectivity index (χ0) is 17.0. The van der Waals surface area contributed by atoms with E-state index in [1.54, 1.807) is 0 Å². The summed E-state index contributed by atoms with van der Waals surface area (Å²) in [4.78, 5) is 0. The van der Waals surface area contributed by atoms with Crippen LogP contribution in [0, 0.1) is 23.7 Å². The molecule has 0 saturated heterocycles. The maximum absolute atomic E-state index is 5.90. The van der Waals surface area contributed by atoms with Crippen LogP contribution in [0.15, 0.2) is 0 Å². The lowest BCUT2D eigenvalue weighted by molar-refractivity contribution is 0.0736. The normalized spacial score (nSPS) is 31.2. The van der Waals surface area contributed by atoms with Crippen molar-refractivity contribution in [3.8, 4) is 0 Å². The Hall–Kier alpha value is -0.0400. The van der Waals surface area contributed by atoms with Crippen LogP contribution >= 0.6 is 0 Å². The van der Waals surface area contributed by atoms with Crippen molar-refractivity contribution >= 4 is 0 Å². The van der Waals surface area contributed by atoms with Gasteiger partial charge < -0.3 is 4.74 Å². The highest BCUT2D eigenvalue weighted by Gasteiger charge is 2.24. The molecular formula is C23H44O. The SMILES string of the molecule is CCCCCOCC1CCC(CCC2CCC(CCC)CC2)CC1. The Morgan fingerprint density at radius 2 is 1.08 bits per heavy atom. The van der Waals surface area contributed by atoms with Crippen LogP contribution in [0.25, 0.3) is 0 Å². The van der Waals surface area contributed by atoms with E-state index in [4.69, 9.17) is 4.74 Å². The number of hydrogen-bond acceptors (Lipinski definition) is 1. The third kappa shape index (κ3) is 7.89. The molecule has 0 aromatic heterocycles. The van der Waals surface area contributed by atoms with Gasteiger partial charge in [0.15, 0.2) is 0 Å². The molecule has 0 heterocycles. The largest absolute Gasteiger partial charge is 0.381 e. The predicted molar refractivity (Wildman–Crippen MR) is 105 cm³/mol. The monoisotopic (exact) mass is 336 g/mol. The van der Waals surface area contributed by atoms with E-state index in [1.165, 1.54) is 96.3 Å². The van der Waals surface area contributed by atoms with Crippen molar-refractivity contribution in [2.75, 3.05) is 13.2 Å². The third-order valence-electron chi connectivity index (χ3n) is 6.86. The molecule has 0 spiro atoms. The Bertz CT molecular complexity index is 284. The van der Waals surface area contributed by atoms with E-state index in [0.29, 0.717) is 0 Å². The smallest absolute Gasteiger partial charge is 0.0494 e. The number of ether oxygens (including phenoxy) is 1. The highest BCUT2D eigenvalue weighted by atomic mass is 16.5. The first-order valence-corrected chi connectivity index (χ1v) is 11.4. The second-order valence-corrected chi connectivity index (χ2v) is 8.92. The summed E-state index contributed by atoms with van der Waals surface area (Å²) in [7, 11) is 0. The van der Waals surface area contributed by atoms with Crippen LogP contribution in [0.2, 0.25) is 0 Å². The van der Waals surface area contributed by atoms with Crippen molar-refractivity contribution in [3.05, 3.63) is 0 Å². The Balaban J connectivity index is 1.48. The second-order valence-electron chi connectivity index (χ2n) is 8.92. The van der Waals surface area contributed by atoms with E-state index in [9.17, 15) is 0 Å². The molecule has 24 heavy (non-hydrogen) atoms. The number of hydrogen-bond donors (Lipinski definition) is 0. The zero-order valence-electron chi connectivity index (χ0n) is 16.7. The van der Waals surface area contributed by atoms with Crippen LogP contribution in [-0.2, 0) is 4.74 Å². The molecule has 0 aromatic rings. The van der Waals surface area contributed by atoms with Gasteiger partial charge in [-0.1, -0.05) is 90.9 Å². The molecule has 0 amide bonds. The second kappa shape index (κ2) is 12.3. The van der Waals surface area contributed by atoms with Crippen LogP contribution in [-0.4, -0.2) is 13.2 Å². The molecule has 0 atom stereocenters. The predicted octanol–water partition coefficient (Wildman–Crippen LogP) is 7.39. The summed E-state index contributed by atoms with van der Waals surface area (Å²) >= 11 is 0. The molecule has 0 aromatic carbocycles. The fraction of sp³-hybridized carbons (Fsp3) is 1.00. The minimum atomic E-state index is 0.868. The minimum Gasteiger partial charge on any atom is -0.381 e. The van der Waals surface area contributed by atoms with Crippen molar-refractivity contribution in [2.24, 2.45) is 23.7 Å². The van der Waals surface area contributed by atoms with Crippen molar-refractivity contribution in [2.45, 2.75) is 110 Å². The summed E-state index contributed by atoms with van der Waals surface area (Å²) in [6.45, 7) is 6.64. The molecule has 1 nitrogen and oxygen atoms in total. The summed E-state index contributed by atoms with van der Waals surface area (Å²) in [5.41, 5.74) is 0. The first kappa shape index (κ1) is 20.3. The fourth-order valence-corrected chi connectivity index (χ4v) is 5.08. The van der Waals surface area contributed by atoms with Gasteiger partial charge in [-0.25, -0.2) is 0 Å². The Kier molecular flexibility index (Phi) is 10.4. The topological polar surface area (TPSA) is 9.23 Å². The first-order valence-electron chi connectivity index (χ1n) is 11.4. The molecule has 2 aliphatic rings. The first-order chi connectivity index (χ1) is 11.8. The average molecular weight is 337 g/mol. The molecule has 2 fully saturated rings. The van der Waals surface area contributed by atoms with Crippen LogP contribution in [0.5, 0.6) is 0 Å². The van der Waals surface area contributed by atoms with Gasteiger partial charge >= 0.3 is 0 Å². The molecule has 2 rings (SSSR count). The molecule has 0 radical (unpaired) electrons. The van der Waals surface area contributed by atoms with Crippen molar-refractivity contribution in [1.82, 2.24) is 0 Å². The number of rotatable bonds is 11. The molecule has 1 heteroatoms. The van der Waals surface area contributed by atoms with Gasteiger partial charge in [-0.15, -0.1) is 0 Å². The molecule has 0 bridgehead atoms. The molecule has 0 unspecified atom stereocenters. The van der Waals surface area contributed by atoms with Crippen molar-refractivity contribution in [3.63, 3.8) is 0 Å². The van der Waals surface area contributed by atoms with Gasteiger partial charge in [0.25, 0.3) is 0 Å². The summed E-state index contributed by atoms with van der Waals surface area (Å²) in [6.07, 6.45) is 21.8. The molecular weight excluding hydrogens is 292 g/mol. The average Bonchev–Trinajstić information content (AvgIpc) is 2.62. The van der Waals surface area contributed by atoms with Crippen molar-refractivity contribution < 1.29 is 4.74 Å². The van der Waals surface area contributed by atoms with Crippen LogP contribution < -0.4 is 0 Å². The van der Waals surface area contributed by atoms with E-state index >= 15 is 0 Å². The Labute approximate surface area is 152 Å². The minimum absolute atomic E-state index is 0.868. The lowest BCUT2D eigenvalue weighted by Crippen LogP contribution is -2.20. The Morgan fingerprint density at radius 1 is 0.583 bits per heavy atom. The van der Waals surface area contributed by atoms with Crippen LogP contribution in [0.1, 0.15) is 110 Å². The Morgan fingerprint density at radius 3 is 1.58 bits per heavy atom. The van der Waals surface area contributed by atoms with Gasteiger partial charge in [0.05, 0.1) is 0 Å². The number of unbranched alkanes of at least 4 members (excludes halogenated alkanes) is 2. The molecule has 0 N–H and O–H groups in total. The van der Waals surface area contributed by atoms with Crippen LogP contribution in [0.3, 0.4) is 0 Å². The summed E-state index contributed by atoms with van der Waals surface area (Å²) in [5.74, 6) is 4.04. The molecule has 2 saturated carbocycles. The van der Waals surface area contributed by atoms with Crippen LogP contribution in [0.4, 0.5) is 0 Å². The molecule has 142 valence electrons. The van der Waals surface area contributed by atoms with E-state index in [-0.39, 0.29) is 0 Å². The standard InChI is InChI=1S/C23H44O/c1-3-5-6-18-24-19-23-16-14-22(15-17-23)13-12-21-10-8-20(7-4-2)9-11-21/h20-23H,3-19H2,1-2H3. The zero-order valence-corrected chi connectivity index (χ0v) is 16.7. The maximum Gasteiger partial charge on any atom is 0.0494 e. The van der Waals surface area contributed by atoms with E-state index < -0.39 is 0 Å². The highest BCUT2D eigenvalue weighted by Crippen LogP contribution is 2.37. The van der Waals surface area contributed by atoms with Gasteiger partial charge in [0.2, 0.25) is 0 Å². The lowest BCUT2D eigenvalue weighted by atomic mass is 9.75. The lowest BCUT2D eigenvalue weighted by Gasteiger charge is -2.32. The highest BCUT2D eigenvalue weighted by molar-refractivity contribution is 4.76.